The van der Waals surface area contributed by atoms with Crippen LogP contribution in [0.15, 0.2) is 42.7 Å². The molecule has 3 aromatic rings. The predicted molar refractivity (Wildman–Crippen MR) is 77.5 cm³/mol. The van der Waals surface area contributed by atoms with Crippen molar-refractivity contribution in [3.8, 4) is 0 Å². The van der Waals surface area contributed by atoms with Crippen LogP contribution in [0.25, 0.3) is 5.65 Å². The monoisotopic (exact) mass is 301 g/mol. The van der Waals surface area contributed by atoms with E-state index in [1.165, 1.54) is 6.07 Å². The number of aryl methyl sites for hydroxylation is 1. The molecule has 4 nitrogen and oxygen atoms in total. The second kappa shape index (κ2) is 5.55. The Morgan fingerprint density at radius 2 is 1.91 bits per heavy atom. The van der Waals surface area contributed by atoms with E-state index in [1.54, 1.807) is 28.9 Å². The zero-order valence-corrected chi connectivity index (χ0v) is 11.8. The summed E-state index contributed by atoms with van der Waals surface area (Å²) in [6.45, 7) is 1.64. The summed E-state index contributed by atoms with van der Waals surface area (Å²) in [5.74, 6) is -1.77. The summed E-state index contributed by atoms with van der Waals surface area (Å²) in [6.07, 6.45) is 3.42. The molecule has 0 saturated heterocycles. The molecule has 1 aromatic carbocycles. The molecule has 0 aliphatic heterocycles. The highest BCUT2D eigenvalue weighted by Gasteiger charge is 2.11. The lowest BCUT2D eigenvalue weighted by molar-refractivity contribution is 0.0950. The summed E-state index contributed by atoms with van der Waals surface area (Å²) < 4.78 is 28.8. The number of carbonyl (C=O) groups is 1. The third-order valence-corrected chi connectivity index (χ3v) is 3.32. The third-order valence-electron chi connectivity index (χ3n) is 3.32. The number of halogens is 2. The fourth-order valence-electron chi connectivity index (χ4n) is 2.22. The molecule has 0 spiro atoms. The standard InChI is InChI=1S/C16H13F2N3O/c1-10-8-21-9-11(5-6-15(21)20-10)16(22)19-7-12-13(17)3-2-4-14(12)18/h2-6,8-9H,7H2,1H3,(H,19,22). The molecule has 0 radical (unpaired) electrons. The van der Waals surface area contributed by atoms with Gasteiger partial charge in [0.2, 0.25) is 0 Å². The Morgan fingerprint density at radius 3 is 2.64 bits per heavy atom. The van der Waals surface area contributed by atoms with Crippen molar-refractivity contribution in [3.05, 3.63) is 71.2 Å². The highest BCUT2D eigenvalue weighted by molar-refractivity contribution is 5.94. The minimum absolute atomic E-state index is 0.157. The molecule has 0 saturated carbocycles. The number of benzene rings is 1. The van der Waals surface area contributed by atoms with E-state index in [0.717, 1.165) is 23.5 Å². The van der Waals surface area contributed by atoms with E-state index in [4.69, 9.17) is 0 Å². The number of amides is 1. The topological polar surface area (TPSA) is 46.4 Å². The van der Waals surface area contributed by atoms with E-state index in [1.807, 2.05) is 6.92 Å². The molecule has 2 aromatic heterocycles. The molecule has 22 heavy (non-hydrogen) atoms. The fraction of sp³-hybridized carbons (Fsp3) is 0.125. The van der Waals surface area contributed by atoms with Crippen LogP contribution in [-0.4, -0.2) is 15.3 Å². The van der Waals surface area contributed by atoms with Crippen LogP contribution in [0.3, 0.4) is 0 Å². The van der Waals surface area contributed by atoms with Crippen LogP contribution in [0, 0.1) is 18.6 Å². The summed E-state index contributed by atoms with van der Waals surface area (Å²) in [4.78, 5) is 16.4. The fourth-order valence-corrected chi connectivity index (χ4v) is 2.22. The number of aromatic nitrogens is 2. The predicted octanol–water partition coefficient (Wildman–Crippen LogP) is 2.85. The highest BCUT2D eigenvalue weighted by Crippen LogP contribution is 2.12. The van der Waals surface area contributed by atoms with Crippen molar-refractivity contribution in [1.29, 1.82) is 0 Å². The van der Waals surface area contributed by atoms with Gasteiger partial charge in [-0.3, -0.25) is 4.79 Å². The van der Waals surface area contributed by atoms with Crippen LogP contribution in [0.5, 0.6) is 0 Å². The Labute approximate surface area is 125 Å². The number of rotatable bonds is 3. The summed E-state index contributed by atoms with van der Waals surface area (Å²) in [5, 5.41) is 2.52. The normalized spacial score (nSPS) is 10.9. The minimum atomic E-state index is -0.680. The zero-order chi connectivity index (χ0) is 15.7. The Morgan fingerprint density at radius 1 is 1.18 bits per heavy atom. The van der Waals surface area contributed by atoms with Gasteiger partial charge in [-0.15, -0.1) is 0 Å². The number of imidazole rings is 1. The molecule has 6 heteroatoms. The van der Waals surface area contributed by atoms with Crippen molar-refractivity contribution in [2.75, 3.05) is 0 Å². The van der Waals surface area contributed by atoms with Crippen LogP contribution in [0.1, 0.15) is 21.6 Å². The Balaban J connectivity index is 1.78. The van der Waals surface area contributed by atoms with E-state index < -0.39 is 17.5 Å². The second-order valence-corrected chi connectivity index (χ2v) is 4.95. The summed E-state index contributed by atoms with van der Waals surface area (Å²) in [6, 6.07) is 6.93. The number of nitrogens with zero attached hydrogens (tertiary/aromatic N) is 2. The van der Waals surface area contributed by atoms with Crippen molar-refractivity contribution in [1.82, 2.24) is 14.7 Å². The molecule has 0 aliphatic carbocycles. The minimum Gasteiger partial charge on any atom is -0.348 e. The van der Waals surface area contributed by atoms with Crippen molar-refractivity contribution in [3.63, 3.8) is 0 Å². The molecule has 0 fully saturated rings. The van der Waals surface area contributed by atoms with Gasteiger partial charge in [-0.1, -0.05) is 6.07 Å². The molecule has 0 aliphatic rings. The van der Waals surface area contributed by atoms with E-state index in [-0.39, 0.29) is 12.1 Å². The van der Waals surface area contributed by atoms with Crippen molar-refractivity contribution >= 4 is 11.6 Å². The number of pyridine rings is 1. The Hall–Kier alpha value is -2.76. The molecule has 3 rings (SSSR count). The molecule has 1 N–H and O–H groups in total. The Kier molecular flexibility index (Phi) is 3.58. The third kappa shape index (κ3) is 2.67. The quantitative estimate of drug-likeness (QED) is 0.808. The lowest BCUT2D eigenvalue weighted by Gasteiger charge is -2.07. The lowest BCUT2D eigenvalue weighted by Crippen LogP contribution is -2.24. The van der Waals surface area contributed by atoms with Crippen molar-refractivity contribution in [2.45, 2.75) is 13.5 Å². The lowest BCUT2D eigenvalue weighted by atomic mass is 10.2. The number of carbonyl (C=O) groups excluding carboxylic acids is 1. The maximum atomic E-state index is 13.5. The van der Waals surface area contributed by atoms with E-state index in [2.05, 4.69) is 10.3 Å². The van der Waals surface area contributed by atoms with Gasteiger partial charge in [0.15, 0.2) is 0 Å². The summed E-state index contributed by atoms with van der Waals surface area (Å²) in [7, 11) is 0. The van der Waals surface area contributed by atoms with Gasteiger partial charge in [0.1, 0.15) is 17.3 Å². The van der Waals surface area contributed by atoms with Gasteiger partial charge in [0.25, 0.3) is 5.91 Å². The molecule has 1 amide bonds. The van der Waals surface area contributed by atoms with Crippen LogP contribution >= 0.6 is 0 Å². The van der Waals surface area contributed by atoms with Gasteiger partial charge < -0.3 is 9.72 Å². The number of fused-ring (bicyclic) bond motifs is 1. The first-order valence-corrected chi connectivity index (χ1v) is 6.71. The van der Waals surface area contributed by atoms with Gasteiger partial charge in [0.05, 0.1) is 11.3 Å². The number of hydrogen-bond donors (Lipinski definition) is 1. The van der Waals surface area contributed by atoms with E-state index >= 15 is 0 Å². The summed E-state index contributed by atoms with van der Waals surface area (Å²) in [5.41, 5.74) is 1.80. The van der Waals surface area contributed by atoms with E-state index in [0.29, 0.717) is 5.56 Å². The van der Waals surface area contributed by atoms with Crippen LogP contribution in [0.2, 0.25) is 0 Å². The number of nitrogens with one attached hydrogen (secondary N) is 1. The molecule has 112 valence electrons. The zero-order valence-electron chi connectivity index (χ0n) is 11.8. The molecular formula is C16H13F2N3O. The average Bonchev–Trinajstić information content (AvgIpc) is 2.85. The maximum Gasteiger partial charge on any atom is 0.253 e. The first-order chi connectivity index (χ1) is 10.5. The van der Waals surface area contributed by atoms with Crippen molar-refractivity contribution in [2.24, 2.45) is 0 Å². The van der Waals surface area contributed by atoms with E-state index in [9.17, 15) is 13.6 Å². The first kappa shape index (κ1) is 14.2. The Bertz CT molecular complexity index is 837. The first-order valence-electron chi connectivity index (χ1n) is 6.71. The smallest absolute Gasteiger partial charge is 0.253 e. The second-order valence-electron chi connectivity index (χ2n) is 4.95. The molecule has 0 atom stereocenters. The van der Waals surface area contributed by atoms with Gasteiger partial charge in [-0.2, -0.15) is 0 Å². The van der Waals surface area contributed by atoms with Crippen LogP contribution < -0.4 is 5.32 Å². The SMILES string of the molecule is Cc1cn2cc(C(=O)NCc3c(F)cccc3F)ccc2n1. The molecule has 0 unspecified atom stereocenters. The summed E-state index contributed by atoms with van der Waals surface area (Å²) >= 11 is 0. The maximum absolute atomic E-state index is 13.5. The highest BCUT2D eigenvalue weighted by atomic mass is 19.1. The molecular weight excluding hydrogens is 288 g/mol. The average molecular weight is 301 g/mol. The largest absolute Gasteiger partial charge is 0.348 e. The molecule has 2 heterocycles. The van der Waals surface area contributed by atoms with Gasteiger partial charge in [-0.25, -0.2) is 13.8 Å². The number of hydrogen-bond acceptors (Lipinski definition) is 2. The molecule has 0 bridgehead atoms. The van der Waals surface area contributed by atoms with Crippen LogP contribution in [-0.2, 0) is 6.54 Å². The van der Waals surface area contributed by atoms with Gasteiger partial charge >= 0.3 is 0 Å². The van der Waals surface area contributed by atoms with Crippen LogP contribution in [0.4, 0.5) is 8.78 Å². The van der Waals surface area contributed by atoms with Gasteiger partial charge in [0, 0.05) is 24.5 Å². The van der Waals surface area contributed by atoms with Gasteiger partial charge in [-0.05, 0) is 31.2 Å². The van der Waals surface area contributed by atoms with Crippen molar-refractivity contribution < 1.29 is 13.6 Å².